The molecule has 0 unspecified atom stereocenters. The molecule has 0 saturated carbocycles. The summed E-state index contributed by atoms with van der Waals surface area (Å²) >= 11 is 3.05. The van der Waals surface area contributed by atoms with Crippen LogP contribution in [0.25, 0.3) is 10.1 Å². The Hall–Kier alpha value is -3.80. The molecule has 0 aliphatic carbocycles. The molecule has 4 aromatic rings. The summed E-state index contributed by atoms with van der Waals surface area (Å²) in [4.78, 5) is 55.0. The number of carbonyl (C=O) groups excluding carboxylic acids is 4. The van der Waals surface area contributed by atoms with E-state index >= 15 is 0 Å². The third kappa shape index (κ3) is 7.90. The van der Waals surface area contributed by atoms with E-state index in [1.54, 1.807) is 23.7 Å². The predicted octanol–water partition coefficient (Wildman–Crippen LogP) is 5.76. The van der Waals surface area contributed by atoms with E-state index in [1.807, 2.05) is 33.8 Å². The number of thiophene rings is 2. The number of fused-ring (bicyclic) bond motifs is 2. The maximum atomic E-state index is 11.7. The summed E-state index contributed by atoms with van der Waals surface area (Å²) in [6.45, 7) is 11.7. The van der Waals surface area contributed by atoms with Gasteiger partial charge in [-0.05, 0) is 69.9 Å². The van der Waals surface area contributed by atoms with Crippen LogP contribution in [0.1, 0.15) is 82.4 Å². The van der Waals surface area contributed by atoms with Crippen molar-refractivity contribution >= 4 is 56.8 Å². The van der Waals surface area contributed by atoms with Gasteiger partial charge in [0.25, 0.3) is 0 Å². The van der Waals surface area contributed by atoms with E-state index in [0.29, 0.717) is 35.5 Å². The van der Waals surface area contributed by atoms with Crippen molar-refractivity contribution in [1.29, 1.82) is 0 Å². The zero-order chi connectivity index (χ0) is 29.9. The van der Waals surface area contributed by atoms with Gasteiger partial charge in [-0.25, -0.2) is 9.59 Å². The second kappa shape index (κ2) is 15.3. The Balaban J connectivity index is 0.000000172. The van der Waals surface area contributed by atoms with E-state index in [2.05, 4.69) is 15.3 Å². The van der Waals surface area contributed by atoms with Crippen LogP contribution >= 0.6 is 22.7 Å². The first-order chi connectivity index (χ1) is 19.7. The molecule has 0 spiro atoms. The fourth-order valence-electron chi connectivity index (χ4n) is 4.10. The van der Waals surface area contributed by atoms with Crippen molar-refractivity contribution in [2.75, 3.05) is 19.8 Å². The number of nitrogens with one attached hydrogen (secondary N) is 1. The van der Waals surface area contributed by atoms with E-state index < -0.39 is 0 Å². The fourth-order valence-corrected chi connectivity index (χ4v) is 6.39. The second-order valence-corrected chi connectivity index (χ2v) is 11.0. The molecule has 0 aromatic carbocycles. The largest absolute Gasteiger partial charge is 0.462 e. The van der Waals surface area contributed by atoms with Crippen LogP contribution in [0.3, 0.4) is 0 Å². The first kappa shape index (κ1) is 31.7. The Kier molecular flexibility index (Phi) is 11.8. The van der Waals surface area contributed by atoms with Gasteiger partial charge in [0.05, 0.1) is 13.2 Å². The van der Waals surface area contributed by atoms with Gasteiger partial charge in [-0.3, -0.25) is 19.6 Å². The van der Waals surface area contributed by atoms with Gasteiger partial charge < -0.3 is 14.8 Å². The minimum atomic E-state index is -0.240. The summed E-state index contributed by atoms with van der Waals surface area (Å²) in [6.07, 6.45) is 8.07. The lowest BCUT2D eigenvalue weighted by atomic mass is 10.1. The number of ether oxygens (including phenoxy) is 2. The molecule has 11 heteroatoms. The van der Waals surface area contributed by atoms with Crippen LogP contribution in [0.4, 0.5) is 0 Å². The van der Waals surface area contributed by atoms with E-state index in [1.165, 1.54) is 47.2 Å². The van der Waals surface area contributed by atoms with E-state index in [9.17, 15) is 19.2 Å². The van der Waals surface area contributed by atoms with Crippen LogP contribution in [-0.4, -0.2) is 53.7 Å². The highest BCUT2D eigenvalue weighted by Gasteiger charge is 2.22. The summed E-state index contributed by atoms with van der Waals surface area (Å²) in [7, 11) is 0. The van der Waals surface area contributed by atoms with Crippen LogP contribution in [0, 0.1) is 13.8 Å². The number of aldehydes is 1. The molecule has 0 fully saturated rings. The lowest BCUT2D eigenvalue weighted by molar-refractivity contribution is 0.0521. The van der Waals surface area contributed by atoms with Crippen molar-refractivity contribution in [2.24, 2.45) is 0 Å². The van der Waals surface area contributed by atoms with Crippen LogP contribution in [0.15, 0.2) is 36.9 Å². The van der Waals surface area contributed by atoms with Crippen LogP contribution in [0.2, 0.25) is 0 Å². The van der Waals surface area contributed by atoms with Crippen LogP contribution < -0.4 is 5.32 Å². The molecule has 0 amide bonds. The number of nitrogens with zero attached hydrogens (tertiary/aromatic N) is 2. The summed E-state index contributed by atoms with van der Waals surface area (Å²) in [5.74, 6) is -0.550. The molecular weight excluding hydrogens is 562 g/mol. The number of aromatic nitrogens is 2. The third-order valence-electron chi connectivity index (χ3n) is 6.21. The molecule has 0 atom stereocenters. The van der Waals surface area contributed by atoms with Crippen molar-refractivity contribution in [3.8, 4) is 0 Å². The second-order valence-electron chi connectivity index (χ2n) is 8.89. The molecule has 4 aromatic heterocycles. The number of carbonyl (C=O) groups is 4. The smallest absolute Gasteiger partial charge is 0.348 e. The number of ketones is 1. The lowest BCUT2D eigenvalue weighted by Crippen LogP contribution is -2.22. The van der Waals surface area contributed by atoms with Crippen molar-refractivity contribution in [3.05, 3.63) is 79.4 Å². The summed E-state index contributed by atoms with van der Waals surface area (Å²) < 4.78 is 11.1. The first-order valence-corrected chi connectivity index (χ1v) is 14.8. The standard InChI is InChI=1S/C11H15NO2S.C11H11NO2S.C8H7NO2/c2*1-3-14-11(13)10-7(2)8-6-12-5-4-9(8)15-10;1-6(11)8-4-9-3-2-7(8)5-10/h12H,3-6H2,1-2H3;4-6H,3H2,1-2H3;2-5H,1H3. The fraction of sp³-hybridized carbons (Fsp3) is 0.333. The zero-order valence-corrected chi connectivity index (χ0v) is 25.4. The number of esters is 2. The van der Waals surface area contributed by atoms with Crippen LogP contribution in [0.5, 0.6) is 0 Å². The molecule has 5 heterocycles. The predicted molar refractivity (Wildman–Crippen MR) is 160 cm³/mol. The van der Waals surface area contributed by atoms with E-state index in [4.69, 9.17) is 9.47 Å². The van der Waals surface area contributed by atoms with Gasteiger partial charge >= 0.3 is 11.9 Å². The van der Waals surface area contributed by atoms with Gasteiger partial charge in [0, 0.05) is 64.0 Å². The highest BCUT2D eigenvalue weighted by Crippen LogP contribution is 2.31. The Morgan fingerprint density at radius 3 is 2.15 bits per heavy atom. The lowest BCUT2D eigenvalue weighted by Gasteiger charge is -2.12. The van der Waals surface area contributed by atoms with Crippen molar-refractivity contribution < 1.29 is 28.7 Å². The van der Waals surface area contributed by atoms with Gasteiger partial charge in [-0.1, -0.05) is 0 Å². The van der Waals surface area contributed by atoms with Gasteiger partial charge in [0.15, 0.2) is 12.1 Å². The van der Waals surface area contributed by atoms with E-state index in [-0.39, 0.29) is 17.7 Å². The monoisotopic (exact) mass is 595 g/mol. The van der Waals surface area contributed by atoms with Gasteiger partial charge in [0.2, 0.25) is 0 Å². The molecule has 1 aliphatic rings. The molecule has 0 radical (unpaired) electrons. The SMILES string of the molecule is CC(=O)c1cnccc1C=O.CCOC(=O)c1sc2c(c1C)CNCC2.CCOC(=O)c1sc2ccncc2c1C. The van der Waals surface area contributed by atoms with Crippen molar-refractivity contribution in [1.82, 2.24) is 15.3 Å². The molecule has 5 rings (SSSR count). The quantitative estimate of drug-likeness (QED) is 0.168. The van der Waals surface area contributed by atoms with Gasteiger partial charge in [0.1, 0.15) is 9.75 Å². The molecule has 9 nitrogen and oxygen atoms in total. The summed E-state index contributed by atoms with van der Waals surface area (Å²) in [5.41, 5.74) is 4.13. The average Bonchev–Trinajstić information content (AvgIpc) is 3.51. The number of rotatable bonds is 6. The number of Topliss-reactive ketones (excluding diaryl/α,β-unsaturated/α-hetero) is 1. The molecule has 216 valence electrons. The molecule has 41 heavy (non-hydrogen) atoms. The number of hydrogen-bond acceptors (Lipinski definition) is 11. The molecule has 1 N–H and O–H groups in total. The number of hydrogen-bond donors (Lipinski definition) is 1. The highest BCUT2D eigenvalue weighted by molar-refractivity contribution is 7.21. The molecule has 1 aliphatic heterocycles. The minimum absolute atomic E-state index is 0.139. The average molecular weight is 596 g/mol. The van der Waals surface area contributed by atoms with E-state index in [0.717, 1.165) is 45.6 Å². The summed E-state index contributed by atoms with van der Waals surface area (Å²) in [6, 6.07) is 3.43. The van der Waals surface area contributed by atoms with Gasteiger partial charge in [-0.2, -0.15) is 0 Å². The molecule has 0 saturated heterocycles. The Labute approximate surface area is 246 Å². The maximum absolute atomic E-state index is 11.7. The minimum Gasteiger partial charge on any atom is -0.462 e. The van der Waals surface area contributed by atoms with Crippen molar-refractivity contribution in [3.63, 3.8) is 0 Å². The molecule has 0 bridgehead atoms. The van der Waals surface area contributed by atoms with Gasteiger partial charge in [-0.15, -0.1) is 22.7 Å². The normalized spacial score (nSPS) is 11.7. The third-order valence-corrected chi connectivity index (χ3v) is 8.83. The number of aryl methyl sites for hydroxylation is 1. The molecular formula is C30H33N3O6S2. The zero-order valence-electron chi connectivity index (χ0n) is 23.7. The highest BCUT2D eigenvalue weighted by atomic mass is 32.1. The summed E-state index contributed by atoms with van der Waals surface area (Å²) in [5, 5.41) is 4.35. The maximum Gasteiger partial charge on any atom is 0.348 e. The van der Waals surface area contributed by atoms with Crippen molar-refractivity contribution in [2.45, 2.75) is 47.6 Å². The Bertz CT molecular complexity index is 1540. The Morgan fingerprint density at radius 1 is 0.951 bits per heavy atom. The first-order valence-electron chi connectivity index (χ1n) is 13.1. The van der Waals surface area contributed by atoms with Crippen LogP contribution in [-0.2, 0) is 22.4 Å². The Morgan fingerprint density at radius 2 is 1.59 bits per heavy atom. The topological polar surface area (TPSA) is 125 Å². The number of pyridine rings is 2.